The maximum Gasteiger partial charge on any atom is 0.342 e. The molecule has 0 N–H and O–H groups in total. The van der Waals surface area contributed by atoms with E-state index in [-0.39, 0.29) is 24.5 Å². The quantitative estimate of drug-likeness (QED) is 0.329. The largest absolute Gasteiger partial charge is 0.493 e. The average Bonchev–Trinajstić information content (AvgIpc) is 2.90. The van der Waals surface area contributed by atoms with Crippen LogP contribution in [0.3, 0.4) is 0 Å². The topological polar surface area (TPSA) is 97.4 Å². The Morgan fingerprint density at radius 3 is 1.76 bits per heavy atom. The first-order valence-electron chi connectivity index (χ1n) is 10.4. The second-order valence-electron chi connectivity index (χ2n) is 7.00. The van der Waals surface area contributed by atoms with Gasteiger partial charge >= 0.3 is 17.9 Å². The van der Waals surface area contributed by atoms with Crippen molar-refractivity contribution in [1.29, 1.82) is 0 Å². The highest BCUT2D eigenvalue weighted by atomic mass is 16.6. The lowest BCUT2D eigenvalue weighted by molar-refractivity contribution is -0.0254. The highest BCUT2D eigenvalue weighted by Gasteiger charge is 2.23. The molecule has 1 unspecified atom stereocenters. The molecule has 0 saturated carbocycles. The van der Waals surface area contributed by atoms with Crippen LogP contribution in [-0.4, -0.2) is 51.4 Å². The second kappa shape index (κ2) is 12.1. The zero-order chi connectivity index (χ0) is 24.3. The molecule has 1 atom stereocenters. The Morgan fingerprint density at radius 2 is 1.21 bits per heavy atom. The fraction of sp³-hybridized carbons (Fsp3) is 0.192. The van der Waals surface area contributed by atoms with Crippen LogP contribution in [0, 0.1) is 0 Å². The molecular weight excluding hydrogens is 440 g/mol. The molecule has 0 spiro atoms. The van der Waals surface area contributed by atoms with Gasteiger partial charge in [0, 0.05) is 0 Å². The number of rotatable bonds is 10. The molecule has 3 aromatic rings. The van der Waals surface area contributed by atoms with Gasteiger partial charge in [0.2, 0.25) is 0 Å². The second-order valence-corrected chi connectivity index (χ2v) is 7.00. The normalized spacial score (nSPS) is 11.1. The number of benzene rings is 3. The number of hydrogen-bond donors (Lipinski definition) is 0. The number of hydrogen-bond acceptors (Lipinski definition) is 8. The van der Waals surface area contributed by atoms with E-state index in [0.717, 1.165) is 0 Å². The summed E-state index contributed by atoms with van der Waals surface area (Å²) in [6, 6.07) is 21.5. The minimum atomic E-state index is -1.04. The fourth-order valence-corrected chi connectivity index (χ4v) is 3.03. The van der Waals surface area contributed by atoms with Crippen molar-refractivity contribution in [3.63, 3.8) is 0 Å². The molecule has 8 nitrogen and oxygen atoms in total. The lowest BCUT2D eigenvalue weighted by Crippen LogP contribution is -2.31. The van der Waals surface area contributed by atoms with Crippen LogP contribution in [0.5, 0.6) is 11.5 Å². The summed E-state index contributed by atoms with van der Waals surface area (Å²) in [7, 11) is 2.86. The summed E-state index contributed by atoms with van der Waals surface area (Å²) in [4.78, 5) is 37.6. The summed E-state index contributed by atoms with van der Waals surface area (Å²) in [5.74, 6) is -1.38. The number of methoxy groups -OCH3 is 2. The van der Waals surface area contributed by atoms with Gasteiger partial charge in [0.05, 0.1) is 25.3 Å². The fourth-order valence-electron chi connectivity index (χ4n) is 3.03. The van der Waals surface area contributed by atoms with Crippen molar-refractivity contribution in [2.45, 2.75) is 6.10 Å². The molecule has 8 heteroatoms. The maximum atomic E-state index is 12.7. The molecule has 3 rings (SSSR count). The van der Waals surface area contributed by atoms with E-state index in [1.54, 1.807) is 72.8 Å². The van der Waals surface area contributed by atoms with E-state index in [4.69, 9.17) is 23.7 Å². The molecule has 0 bridgehead atoms. The van der Waals surface area contributed by atoms with Crippen molar-refractivity contribution < 1.29 is 38.1 Å². The van der Waals surface area contributed by atoms with Gasteiger partial charge in [0.15, 0.2) is 17.6 Å². The Bertz CT molecular complexity index is 1110. The number of carbonyl (C=O) groups is 3. The van der Waals surface area contributed by atoms with E-state index >= 15 is 0 Å². The van der Waals surface area contributed by atoms with Crippen LogP contribution in [0.2, 0.25) is 0 Å². The van der Waals surface area contributed by atoms with Crippen molar-refractivity contribution in [2.24, 2.45) is 0 Å². The molecule has 0 radical (unpaired) electrons. The van der Waals surface area contributed by atoms with Gasteiger partial charge in [-0.15, -0.1) is 0 Å². The lowest BCUT2D eigenvalue weighted by Gasteiger charge is -2.19. The van der Waals surface area contributed by atoms with Gasteiger partial charge in [-0.25, -0.2) is 14.4 Å². The molecule has 0 aromatic heterocycles. The third kappa shape index (κ3) is 6.35. The molecule has 176 valence electrons. The highest BCUT2D eigenvalue weighted by Crippen LogP contribution is 2.31. The van der Waals surface area contributed by atoms with Crippen LogP contribution in [0.15, 0.2) is 78.9 Å². The third-order valence-electron chi connectivity index (χ3n) is 4.72. The molecule has 0 aliphatic rings. The van der Waals surface area contributed by atoms with Crippen molar-refractivity contribution in [3.8, 4) is 11.5 Å². The highest BCUT2D eigenvalue weighted by molar-refractivity contribution is 5.93. The van der Waals surface area contributed by atoms with Crippen LogP contribution < -0.4 is 9.47 Å². The molecule has 0 aliphatic carbocycles. The van der Waals surface area contributed by atoms with Crippen LogP contribution in [0.4, 0.5) is 0 Å². The predicted octanol–water partition coefficient (Wildman–Crippen LogP) is 3.94. The van der Waals surface area contributed by atoms with E-state index in [0.29, 0.717) is 16.9 Å². The molecule has 3 aromatic carbocycles. The van der Waals surface area contributed by atoms with Gasteiger partial charge in [-0.05, 0) is 36.4 Å². The molecular formula is C26H24O8. The summed E-state index contributed by atoms with van der Waals surface area (Å²) in [5.41, 5.74) is 0.785. The summed E-state index contributed by atoms with van der Waals surface area (Å²) < 4.78 is 26.6. The van der Waals surface area contributed by atoms with Crippen molar-refractivity contribution in [2.75, 3.05) is 27.4 Å². The SMILES string of the molecule is COc1cccc(C(=O)OCC(COC(=O)c2ccccc2)OC(=O)c2ccccc2)c1OC. The van der Waals surface area contributed by atoms with Gasteiger partial charge < -0.3 is 23.7 Å². The first kappa shape index (κ1) is 24.3. The minimum Gasteiger partial charge on any atom is -0.493 e. The molecule has 0 heterocycles. The third-order valence-corrected chi connectivity index (χ3v) is 4.72. The molecule has 34 heavy (non-hydrogen) atoms. The predicted molar refractivity (Wildman–Crippen MR) is 122 cm³/mol. The number of esters is 3. The van der Waals surface area contributed by atoms with Gasteiger partial charge in [0.1, 0.15) is 18.8 Å². The van der Waals surface area contributed by atoms with Gasteiger partial charge in [0.25, 0.3) is 0 Å². The van der Waals surface area contributed by atoms with E-state index in [2.05, 4.69) is 0 Å². The summed E-state index contributed by atoms with van der Waals surface area (Å²) >= 11 is 0. The molecule has 0 amide bonds. The summed E-state index contributed by atoms with van der Waals surface area (Å²) in [6.07, 6.45) is -1.04. The van der Waals surface area contributed by atoms with E-state index in [1.807, 2.05) is 0 Å². The van der Waals surface area contributed by atoms with Crippen LogP contribution in [-0.2, 0) is 14.2 Å². The minimum absolute atomic E-state index is 0.135. The summed E-state index contributed by atoms with van der Waals surface area (Å²) in [5, 5.41) is 0. The number of ether oxygens (including phenoxy) is 5. The Morgan fingerprint density at radius 1 is 0.647 bits per heavy atom. The molecule has 0 fully saturated rings. The van der Waals surface area contributed by atoms with Crippen molar-refractivity contribution in [1.82, 2.24) is 0 Å². The van der Waals surface area contributed by atoms with E-state index in [1.165, 1.54) is 20.3 Å². The molecule has 0 saturated heterocycles. The Balaban J connectivity index is 1.70. The zero-order valence-electron chi connectivity index (χ0n) is 18.8. The van der Waals surface area contributed by atoms with E-state index < -0.39 is 24.0 Å². The first-order valence-corrected chi connectivity index (χ1v) is 10.4. The van der Waals surface area contributed by atoms with Crippen LogP contribution >= 0.6 is 0 Å². The smallest absolute Gasteiger partial charge is 0.342 e. The summed E-state index contributed by atoms with van der Waals surface area (Å²) in [6.45, 7) is -0.658. The Hall–Kier alpha value is -4.33. The maximum absolute atomic E-state index is 12.7. The van der Waals surface area contributed by atoms with Gasteiger partial charge in [-0.1, -0.05) is 42.5 Å². The number of para-hydroxylation sites is 1. The van der Waals surface area contributed by atoms with E-state index in [9.17, 15) is 14.4 Å². The Labute approximate surface area is 197 Å². The lowest BCUT2D eigenvalue weighted by atomic mass is 10.2. The average molecular weight is 464 g/mol. The van der Waals surface area contributed by atoms with Crippen molar-refractivity contribution >= 4 is 17.9 Å². The van der Waals surface area contributed by atoms with Crippen LogP contribution in [0.1, 0.15) is 31.1 Å². The van der Waals surface area contributed by atoms with Crippen molar-refractivity contribution in [3.05, 3.63) is 95.6 Å². The zero-order valence-corrected chi connectivity index (χ0v) is 18.8. The first-order chi connectivity index (χ1) is 16.5. The standard InChI is InChI=1S/C26H24O8/c1-30-22-15-9-14-21(23(22)31-2)26(29)33-17-20(34-25(28)19-12-7-4-8-13-19)16-32-24(27)18-10-5-3-6-11-18/h3-15,20H,16-17H2,1-2H3. The van der Waals surface area contributed by atoms with Crippen LogP contribution in [0.25, 0.3) is 0 Å². The Kier molecular flexibility index (Phi) is 8.62. The monoisotopic (exact) mass is 464 g/mol. The molecule has 0 aliphatic heterocycles. The number of carbonyl (C=O) groups excluding carboxylic acids is 3. The van der Waals surface area contributed by atoms with Gasteiger partial charge in [-0.2, -0.15) is 0 Å². The van der Waals surface area contributed by atoms with Gasteiger partial charge in [-0.3, -0.25) is 0 Å².